The number of nitrogens with one attached hydrogen (secondary N) is 7. The number of nitrogens with two attached hydrogens (primary N) is 2. The molecule has 16 heteroatoms. The van der Waals surface area contributed by atoms with Gasteiger partial charge in [0.1, 0.15) is 36.0 Å². The number of rotatable bonds is 23. The Hall–Kier alpha value is -7.46. The lowest BCUT2D eigenvalue weighted by atomic mass is 9.98. The number of hydrogen-bond donors (Lipinski definition) is 10. The molecule has 2 aromatic heterocycles. The maximum atomic E-state index is 14.8. The van der Waals surface area contributed by atoms with Crippen molar-refractivity contribution in [2.75, 3.05) is 0 Å². The van der Waals surface area contributed by atoms with Crippen LogP contribution in [0.2, 0.25) is 0 Å². The second-order valence-corrected chi connectivity index (χ2v) is 18.3. The van der Waals surface area contributed by atoms with E-state index in [-0.39, 0.29) is 49.7 Å². The lowest BCUT2D eigenvalue weighted by Gasteiger charge is -2.28. The van der Waals surface area contributed by atoms with Crippen LogP contribution in [0.4, 0.5) is 0 Å². The van der Waals surface area contributed by atoms with Crippen LogP contribution in [0.3, 0.4) is 0 Å². The molecule has 0 saturated carbocycles. The first kappa shape index (κ1) is 50.0. The van der Waals surface area contributed by atoms with Crippen molar-refractivity contribution in [2.45, 2.75) is 102 Å². The highest BCUT2D eigenvalue weighted by atomic mass is 16.3. The van der Waals surface area contributed by atoms with Crippen molar-refractivity contribution in [3.8, 4) is 5.75 Å². The van der Waals surface area contributed by atoms with E-state index in [1.165, 1.54) is 12.1 Å². The third kappa shape index (κ3) is 13.8. The van der Waals surface area contributed by atoms with Crippen LogP contribution < -0.4 is 38.1 Å². The van der Waals surface area contributed by atoms with Gasteiger partial charge < -0.3 is 53.1 Å². The average Bonchev–Trinajstić information content (AvgIpc) is 3.92. The van der Waals surface area contributed by atoms with Gasteiger partial charge in [0, 0.05) is 53.5 Å². The Bertz CT molecular complexity index is 2680. The lowest BCUT2D eigenvalue weighted by molar-refractivity contribution is -0.135. The molecule has 4 aromatic carbocycles. The second-order valence-electron chi connectivity index (χ2n) is 18.3. The van der Waals surface area contributed by atoms with Crippen LogP contribution in [0.25, 0.3) is 21.8 Å². The maximum Gasteiger partial charge on any atom is 0.243 e. The van der Waals surface area contributed by atoms with E-state index < -0.39 is 71.7 Å². The van der Waals surface area contributed by atoms with Crippen LogP contribution in [-0.2, 0) is 54.5 Å². The van der Waals surface area contributed by atoms with Crippen LogP contribution in [-0.4, -0.2) is 86.8 Å². The fourth-order valence-electron chi connectivity index (χ4n) is 8.29. The third-order valence-electron chi connectivity index (χ3n) is 11.8. The molecule has 2 heterocycles. The van der Waals surface area contributed by atoms with Gasteiger partial charge in [0.15, 0.2) is 0 Å². The maximum absolute atomic E-state index is 14.8. The van der Waals surface area contributed by atoms with E-state index >= 15 is 0 Å². The molecule has 0 aliphatic carbocycles. The van der Waals surface area contributed by atoms with E-state index in [9.17, 15) is 33.9 Å². The quantitative estimate of drug-likeness (QED) is 0.0449. The summed E-state index contributed by atoms with van der Waals surface area (Å²) in [5.74, 6) is -3.88. The van der Waals surface area contributed by atoms with E-state index in [1.807, 2.05) is 94.4 Å². The zero-order valence-electron chi connectivity index (χ0n) is 38.9. The predicted molar refractivity (Wildman–Crippen MR) is 262 cm³/mol. The number of aromatic nitrogens is 2. The molecule has 0 fully saturated rings. The molecule has 0 saturated heterocycles. The van der Waals surface area contributed by atoms with Crippen molar-refractivity contribution in [1.29, 1.82) is 0 Å². The molecule has 0 aliphatic heterocycles. The highest BCUT2D eigenvalue weighted by Gasteiger charge is 2.34. The van der Waals surface area contributed by atoms with Crippen LogP contribution >= 0.6 is 0 Å². The number of fused-ring (bicyclic) bond motifs is 2. The van der Waals surface area contributed by atoms with Crippen LogP contribution in [0.1, 0.15) is 62.8 Å². The number of benzene rings is 4. The van der Waals surface area contributed by atoms with Crippen LogP contribution in [0, 0.1) is 11.8 Å². The van der Waals surface area contributed by atoms with Gasteiger partial charge in [-0.1, -0.05) is 107 Å². The molecule has 6 atom stereocenters. The van der Waals surface area contributed by atoms with E-state index in [2.05, 4.69) is 36.6 Å². The standard InChI is InChI=1S/C52H63N9O7/c1-30(2)22-42(47(54)63)57-49(65)43(23-31(3)4)59-52(68)46(27-35-29-56-41-17-11-9-15-38(35)41)61-50(66)44(25-32-12-6-5-7-13-32)60-51(67)45(26-34-28-55-40-16-10-8-14-37(34)40)58-48(64)39(53)24-33-18-20-36(62)21-19-33/h5-21,28-31,39,42-46,55-56,62H,22-27,53H2,1-4H3,(H2,54,63)(H,57,65)(H,58,64)(H,59,68)(H,60,67)(H,61,66)/t39-,42-,43-,44-,45-,46-/m1/s1. The van der Waals surface area contributed by atoms with Gasteiger partial charge in [-0.15, -0.1) is 0 Å². The van der Waals surface area contributed by atoms with Gasteiger partial charge in [0.25, 0.3) is 0 Å². The molecule has 0 unspecified atom stereocenters. The molecule has 0 aliphatic rings. The molecule has 0 radical (unpaired) electrons. The molecule has 68 heavy (non-hydrogen) atoms. The monoisotopic (exact) mass is 925 g/mol. The highest BCUT2D eigenvalue weighted by molar-refractivity contribution is 5.97. The summed E-state index contributed by atoms with van der Waals surface area (Å²) in [4.78, 5) is 90.5. The summed E-state index contributed by atoms with van der Waals surface area (Å²) in [7, 11) is 0. The number of H-pyrrole nitrogens is 2. The minimum atomic E-state index is -1.27. The summed E-state index contributed by atoms with van der Waals surface area (Å²) in [5, 5.41) is 25.7. The molecule has 6 rings (SSSR count). The zero-order chi connectivity index (χ0) is 48.9. The first-order valence-corrected chi connectivity index (χ1v) is 23.0. The normalized spacial score (nSPS) is 14.1. The van der Waals surface area contributed by atoms with Gasteiger partial charge in [-0.25, -0.2) is 0 Å². The molecule has 12 N–H and O–H groups in total. The van der Waals surface area contributed by atoms with Crippen molar-refractivity contribution in [1.82, 2.24) is 36.6 Å². The second kappa shape index (κ2) is 23.3. The molecule has 0 spiro atoms. The molecule has 0 bridgehead atoms. The molecular weight excluding hydrogens is 863 g/mol. The van der Waals surface area contributed by atoms with Gasteiger partial charge in [0.05, 0.1) is 6.04 Å². The Balaban J connectivity index is 1.30. The number of phenolic OH excluding ortho intramolecular Hbond substituents is 1. The van der Waals surface area contributed by atoms with Crippen molar-refractivity contribution < 1.29 is 33.9 Å². The number of carbonyl (C=O) groups is 6. The number of amides is 6. The van der Waals surface area contributed by atoms with Crippen molar-refractivity contribution >= 4 is 57.2 Å². The molecular formula is C52H63N9O7. The number of carbonyl (C=O) groups excluding carboxylic acids is 6. The summed E-state index contributed by atoms with van der Waals surface area (Å²) >= 11 is 0. The SMILES string of the molecule is CC(C)C[C@@H](NC(=O)[C@@H](CC(C)C)NC(=O)[C@@H](Cc1c[nH]c2ccccc12)NC(=O)[C@@H](Cc1ccccc1)NC(=O)[C@@H](Cc1c[nH]c2ccccc12)NC(=O)[C@H](N)Cc1ccc(O)cc1)C(N)=O. The van der Waals surface area contributed by atoms with E-state index in [4.69, 9.17) is 11.5 Å². The Morgan fingerprint density at radius 2 is 0.882 bits per heavy atom. The summed E-state index contributed by atoms with van der Waals surface area (Å²) < 4.78 is 0. The topological polar surface area (TPSA) is 266 Å². The molecule has 358 valence electrons. The summed E-state index contributed by atoms with van der Waals surface area (Å²) in [6, 6.07) is 23.6. The van der Waals surface area contributed by atoms with E-state index in [0.717, 1.165) is 27.4 Å². The number of para-hydroxylation sites is 2. The number of aromatic amines is 2. The zero-order valence-corrected chi connectivity index (χ0v) is 38.9. The van der Waals surface area contributed by atoms with Crippen molar-refractivity contribution in [3.63, 3.8) is 0 Å². The third-order valence-corrected chi connectivity index (χ3v) is 11.8. The van der Waals surface area contributed by atoms with Gasteiger partial charge in [-0.2, -0.15) is 0 Å². The largest absolute Gasteiger partial charge is 0.508 e. The minimum absolute atomic E-state index is 0.000958. The molecule has 6 aromatic rings. The molecule has 6 amide bonds. The summed E-state index contributed by atoms with van der Waals surface area (Å²) in [5.41, 5.74) is 16.6. The Morgan fingerprint density at radius 3 is 1.38 bits per heavy atom. The minimum Gasteiger partial charge on any atom is -0.508 e. The predicted octanol–water partition coefficient (Wildman–Crippen LogP) is 3.95. The first-order chi connectivity index (χ1) is 32.5. The smallest absolute Gasteiger partial charge is 0.243 e. The van der Waals surface area contributed by atoms with Gasteiger partial charge in [0.2, 0.25) is 35.4 Å². The summed E-state index contributed by atoms with van der Waals surface area (Å²) in [6.45, 7) is 7.59. The number of primary amides is 1. The van der Waals surface area contributed by atoms with Crippen LogP contribution in [0.5, 0.6) is 5.75 Å². The van der Waals surface area contributed by atoms with E-state index in [1.54, 1.807) is 36.7 Å². The number of aromatic hydroxyl groups is 1. The fourth-order valence-corrected chi connectivity index (χ4v) is 8.29. The first-order valence-electron chi connectivity index (χ1n) is 23.0. The number of hydrogen-bond acceptors (Lipinski definition) is 8. The summed E-state index contributed by atoms with van der Waals surface area (Å²) in [6.07, 6.45) is 4.20. The van der Waals surface area contributed by atoms with Crippen LogP contribution in [0.15, 0.2) is 116 Å². The fraction of sp³-hybridized carbons (Fsp3) is 0.346. The average molecular weight is 926 g/mol. The van der Waals surface area contributed by atoms with Crippen molar-refractivity contribution in [3.05, 3.63) is 138 Å². The Morgan fingerprint density at radius 1 is 0.485 bits per heavy atom. The van der Waals surface area contributed by atoms with Gasteiger partial charge in [-0.05, 0) is 77.6 Å². The highest BCUT2D eigenvalue weighted by Crippen LogP contribution is 2.22. The Labute approximate surface area is 395 Å². The van der Waals surface area contributed by atoms with Crippen molar-refractivity contribution in [2.24, 2.45) is 23.3 Å². The lowest BCUT2D eigenvalue weighted by Crippen LogP contribution is -2.60. The Kier molecular flexibility index (Phi) is 17.1. The van der Waals surface area contributed by atoms with E-state index in [0.29, 0.717) is 23.1 Å². The molecule has 16 nitrogen and oxygen atoms in total. The number of phenols is 1. The van der Waals surface area contributed by atoms with Gasteiger partial charge >= 0.3 is 0 Å². The van der Waals surface area contributed by atoms with Gasteiger partial charge in [-0.3, -0.25) is 28.8 Å².